The molecule has 4 rings (SSSR count). The largest absolute Gasteiger partial charge is 0.355 e. The lowest BCUT2D eigenvalue weighted by atomic mass is 9.90. The predicted octanol–water partition coefficient (Wildman–Crippen LogP) is 3.42. The van der Waals surface area contributed by atoms with Crippen molar-refractivity contribution in [3.05, 3.63) is 46.9 Å². The topological polar surface area (TPSA) is 63.9 Å². The maximum atomic E-state index is 12.9. The summed E-state index contributed by atoms with van der Waals surface area (Å²) in [5.74, 6) is 1.65. The number of piperidine rings is 1. The van der Waals surface area contributed by atoms with Gasteiger partial charge in [-0.05, 0) is 31.9 Å². The van der Waals surface area contributed by atoms with Crippen LogP contribution in [0.2, 0.25) is 5.02 Å². The van der Waals surface area contributed by atoms with Crippen LogP contribution in [0.25, 0.3) is 11.0 Å². The van der Waals surface area contributed by atoms with Crippen molar-refractivity contribution < 1.29 is 4.79 Å². The zero-order valence-electron chi connectivity index (χ0n) is 14.8. The molecule has 134 valence electrons. The Morgan fingerprint density at radius 2 is 2.15 bits per heavy atom. The Bertz CT molecular complexity index is 983. The lowest BCUT2D eigenvalue weighted by molar-refractivity contribution is 0.0907. The third-order valence-electron chi connectivity index (χ3n) is 4.88. The summed E-state index contributed by atoms with van der Waals surface area (Å²) in [6.45, 7) is 3.40. The number of anilines is 1. The third-order valence-corrected chi connectivity index (χ3v) is 5.12. The number of hydrogen-bond acceptors (Lipinski definition) is 5. The summed E-state index contributed by atoms with van der Waals surface area (Å²) in [5.41, 5.74) is 1.49. The van der Waals surface area contributed by atoms with Gasteiger partial charge < -0.3 is 4.90 Å². The molecule has 26 heavy (non-hydrogen) atoms. The Labute approximate surface area is 156 Å². The number of aromatic nitrogens is 4. The third kappa shape index (κ3) is 3.05. The van der Waals surface area contributed by atoms with Crippen molar-refractivity contribution in [2.45, 2.75) is 19.8 Å². The molecule has 2 aromatic heterocycles. The predicted molar refractivity (Wildman–Crippen MR) is 102 cm³/mol. The van der Waals surface area contributed by atoms with Crippen molar-refractivity contribution in [3.63, 3.8) is 0 Å². The Balaban J connectivity index is 1.64. The molecule has 0 radical (unpaired) electrons. The molecule has 7 heteroatoms. The van der Waals surface area contributed by atoms with Gasteiger partial charge in [-0.1, -0.05) is 23.7 Å². The van der Waals surface area contributed by atoms with Crippen LogP contribution in [-0.4, -0.2) is 38.6 Å². The number of hydrogen-bond donors (Lipinski definition) is 0. The summed E-state index contributed by atoms with van der Waals surface area (Å²) in [4.78, 5) is 24.2. The highest BCUT2D eigenvalue weighted by Crippen LogP contribution is 2.29. The first-order chi connectivity index (χ1) is 12.5. The number of nitrogens with zero attached hydrogens (tertiary/aromatic N) is 5. The summed E-state index contributed by atoms with van der Waals surface area (Å²) in [7, 11) is 1.88. The molecule has 0 unspecified atom stereocenters. The van der Waals surface area contributed by atoms with E-state index in [0.717, 1.165) is 36.2 Å². The van der Waals surface area contributed by atoms with E-state index in [1.165, 1.54) is 0 Å². The molecule has 0 amide bonds. The summed E-state index contributed by atoms with van der Waals surface area (Å²) in [6, 6.07) is 7.19. The van der Waals surface area contributed by atoms with E-state index in [1.807, 2.05) is 26.1 Å². The van der Waals surface area contributed by atoms with Crippen LogP contribution in [0.4, 0.5) is 5.82 Å². The summed E-state index contributed by atoms with van der Waals surface area (Å²) in [5, 5.41) is 5.82. The van der Waals surface area contributed by atoms with Gasteiger partial charge in [-0.3, -0.25) is 9.48 Å². The van der Waals surface area contributed by atoms with E-state index in [1.54, 1.807) is 23.0 Å². The van der Waals surface area contributed by atoms with Crippen molar-refractivity contribution in [1.29, 1.82) is 0 Å². The number of ketones is 1. The molecule has 1 aliphatic heterocycles. The highest BCUT2D eigenvalue weighted by molar-refractivity contribution is 6.31. The maximum absolute atomic E-state index is 12.9. The van der Waals surface area contributed by atoms with E-state index in [9.17, 15) is 4.79 Å². The van der Waals surface area contributed by atoms with Crippen LogP contribution in [0.15, 0.2) is 30.5 Å². The highest BCUT2D eigenvalue weighted by Gasteiger charge is 2.29. The number of carbonyl (C=O) groups is 1. The molecule has 0 saturated carbocycles. The minimum atomic E-state index is -0.0655. The number of fused-ring (bicyclic) bond motifs is 1. The van der Waals surface area contributed by atoms with Crippen LogP contribution in [0, 0.1) is 12.8 Å². The fourth-order valence-electron chi connectivity index (χ4n) is 3.62. The number of Topliss-reactive ketones (excluding diaryl/α,β-unsaturated/α-hetero) is 1. The van der Waals surface area contributed by atoms with Crippen molar-refractivity contribution in [1.82, 2.24) is 19.7 Å². The molecule has 0 spiro atoms. The minimum Gasteiger partial charge on any atom is -0.355 e. The van der Waals surface area contributed by atoms with E-state index in [-0.39, 0.29) is 11.7 Å². The van der Waals surface area contributed by atoms with Crippen molar-refractivity contribution >= 4 is 34.2 Å². The number of carbonyl (C=O) groups excluding carboxylic acids is 1. The van der Waals surface area contributed by atoms with Gasteiger partial charge >= 0.3 is 0 Å². The lowest BCUT2D eigenvalue weighted by Crippen LogP contribution is -2.39. The highest BCUT2D eigenvalue weighted by atomic mass is 35.5. The van der Waals surface area contributed by atoms with E-state index >= 15 is 0 Å². The molecule has 0 aliphatic carbocycles. The van der Waals surface area contributed by atoms with Crippen LogP contribution < -0.4 is 4.90 Å². The second-order valence-electron chi connectivity index (χ2n) is 6.76. The average Bonchev–Trinajstić information content (AvgIpc) is 3.01. The van der Waals surface area contributed by atoms with Crippen molar-refractivity contribution in [2.24, 2.45) is 13.0 Å². The van der Waals surface area contributed by atoms with E-state index < -0.39 is 0 Å². The van der Waals surface area contributed by atoms with Gasteiger partial charge in [0.25, 0.3) is 0 Å². The zero-order valence-corrected chi connectivity index (χ0v) is 15.6. The van der Waals surface area contributed by atoms with Crippen LogP contribution in [0.1, 0.15) is 29.0 Å². The molecule has 6 nitrogen and oxygen atoms in total. The van der Waals surface area contributed by atoms with Gasteiger partial charge in [0, 0.05) is 36.6 Å². The normalized spacial score (nSPS) is 17.7. The Morgan fingerprint density at radius 1 is 1.31 bits per heavy atom. The zero-order chi connectivity index (χ0) is 18.3. The number of benzene rings is 1. The smallest absolute Gasteiger partial charge is 0.167 e. The molecular formula is C19H20ClN5O. The van der Waals surface area contributed by atoms with Crippen LogP contribution >= 0.6 is 11.6 Å². The Hall–Kier alpha value is -2.47. The van der Waals surface area contributed by atoms with Gasteiger partial charge in [-0.2, -0.15) is 5.10 Å². The SMILES string of the molecule is Cc1nc(N2CCC[C@H](C(=O)c3cccc(Cl)c3)C2)c2cnn(C)c2n1. The molecule has 3 heterocycles. The average molecular weight is 370 g/mol. The number of aryl methyl sites for hydroxylation is 2. The van der Waals surface area contributed by atoms with E-state index in [0.29, 0.717) is 23.0 Å². The molecule has 1 saturated heterocycles. The lowest BCUT2D eigenvalue weighted by Gasteiger charge is -2.33. The van der Waals surface area contributed by atoms with Gasteiger partial charge in [-0.25, -0.2) is 9.97 Å². The van der Waals surface area contributed by atoms with Gasteiger partial charge in [-0.15, -0.1) is 0 Å². The molecule has 1 aromatic carbocycles. The first kappa shape index (κ1) is 17.0. The maximum Gasteiger partial charge on any atom is 0.167 e. The quantitative estimate of drug-likeness (QED) is 0.662. The second-order valence-corrected chi connectivity index (χ2v) is 7.20. The van der Waals surface area contributed by atoms with Crippen molar-refractivity contribution in [3.8, 4) is 0 Å². The Kier molecular flexibility index (Phi) is 4.36. The first-order valence-corrected chi connectivity index (χ1v) is 9.12. The van der Waals surface area contributed by atoms with Crippen LogP contribution in [0.3, 0.4) is 0 Å². The number of halogens is 1. The summed E-state index contributed by atoms with van der Waals surface area (Å²) in [6.07, 6.45) is 3.62. The standard InChI is InChI=1S/C19H20ClN5O/c1-12-22-18-16(10-21-24(18)2)19(23-12)25-8-4-6-14(11-25)17(26)13-5-3-7-15(20)9-13/h3,5,7,9-10,14H,4,6,8,11H2,1-2H3/t14-/m0/s1. The van der Waals surface area contributed by atoms with E-state index in [2.05, 4.69) is 20.0 Å². The molecular weight excluding hydrogens is 350 g/mol. The fourth-order valence-corrected chi connectivity index (χ4v) is 3.81. The fraction of sp³-hybridized carbons (Fsp3) is 0.368. The molecule has 1 fully saturated rings. The van der Waals surface area contributed by atoms with Gasteiger partial charge in [0.2, 0.25) is 0 Å². The van der Waals surface area contributed by atoms with Crippen LogP contribution in [0.5, 0.6) is 0 Å². The summed E-state index contributed by atoms with van der Waals surface area (Å²) < 4.78 is 1.76. The minimum absolute atomic E-state index is 0.0655. The Morgan fingerprint density at radius 3 is 2.96 bits per heavy atom. The van der Waals surface area contributed by atoms with Crippen LogP contribution in [-0.2, 0) is 7.05 Å². The molecule has 1 atom stereocenters. The second kappa shape index (κ2) is 6.68. The van der Waals surface area contributed by atoms with Gasteiger partial charge in [0.15, 0.2) is 11.4 Å². The van der Waals surface area contributed by atoms with E-state index in [4.69, 9.17) is 11.6 Å². The first-order valence-electron chi connectivity index (χ1n) is 8.74. The summed E-state index contributed by atoms with van der Waals surface area (Å²) >= 11 is 6.05. The molecule has 3 aromatic rings. The van der Waals surface area contributed by atoms with Gasteiger partial charge in [0.05, 0.1) is 11.6 Å². The molecule has 0 bridgehead atoms. The monoisotopic (exact) mass is 369 g/mol. The molecule has 0 N–H and O–H groups in total. The molecule has 1 aliphatic rings. The van der Waals surface area contributed by atoms with Gasteiger partial charge in [0.1, 0.15) is 11.6 Å². The number of rotatable bonds is 3. The van der Waals surface area contributed by atoms with Crippen molar-refractivity contribution in [2.75, 3.05) is 18.0 Å².